The summed E-state index contributed by atoms with van der Waals surface area (Å²) in [6.07, 6.45) is 1.82. The Morgan fingerprint density at radius 2 is 1.96 bits per heavy atom. The maximum absolute atomic E-state index is 5.32. The van der Waals surface area contributed by atoms with Crippen molar-refractivity contribution in [2.45, 2.75) is 13.0 Å². The van der Waals surface area contributed by atoms with E-state index in [1.54, 1.807) is 7.11 Å². The Labute approximate surface area is 144 Å². The molecule has 24 heavy (non-hydrogen) atoms. The summed E-state index contributed by atoms with van der Waals surface area (Å²) in [5.74, 6) is 1.86. The molecule has 2 aromatic rings. The SMILES string of the molecule is COc1cccc(N2CCN(C[C@H](C)Nc3ccccn3)CC2)c1. The van der Waals surface area contributed by atoms with Crippen LogP contribution in [0.15, 0.2) is 48.7 Å². The van der Waals surface area contributed by atoms with E-state index >= 15 is 0 Å². The second-order valence-corrected chi connectivity index (χ2v) is 6.25. The summed E-state index contributed by atoms with van der Waals surface area (Å²) in [7, 11) is 1.72. The molecule has 1 aromatic carbocycles. The minimum absolute atomic E-state index is 0.378. The van der Waals surface area contributed by atoms with E-state index in [1.807, 2.05) is 30.5 Å². The molecule has 1 aromatic heterocycles. The fourth-order valence-corrected chi connectivity index (χ4v) is 3.13. The highest BCUT2D eigenvalue weighted by Crippen LogP contribution is 2.22. The van der Waals surface area contributed by atoms with E-state index in [0.29, 0.717) is 6.04 Å². The zero-order valence-corrected chi connectivity index (χ0v) is 14.5. The van der Waals surface area contributed by atoms with Crippen LogP contribution in [0.2, 0.25) is 0 Å². The molecule has 0 spiro atoms. The lowest BCUT2D eigenvalue weighted by atomic mass is 10.2. The number of hydrogen-bond acceptors (Lipinski definition) is 5. The molecule has 0 radical (unpaired) electrons. The summed E-state index contributed by atoms with van der Waals surface area (Å²) in [5.41, 5.74) is 1.24. The quantitative estimate of drug-likeness (QED) is 0.884. The lowest BCUT2D eigenvalue weighted by Crippen LogP contribution is -2.49. The van der Waals surface area contributed by atoms with Crippen molar-refractivity contribution in [2.75, 3.05) is 50.1 Å². The molecular weight excluding hydrogens is 300 g/mol. The third-order valence-corrected chi connectivity index (χ3v) is 4.38. The number of rotatable bonds is 6. The third kappa shape index (κ3) is 4.38. The molecule has 5 nitrogen and oxygen atoms in total. The zero-order chi connectivity index (χ0) is 16.8. The Bertz CT molecular complexity index is 626. The Morgan fingerprint density at radius 3 is 2.67 bits per heavy atom. The van der Waals surface area contributed by atoms with Crippen LogP contribution < -0.4 is 15.0 Å². The van der Waals surface area contributed by atoms with Crippen molar-refractivity contribution in [3.63, 3.8) is 0 Å². The minimum atomic E-state index is 0.378. The summed E-state index contributed by atoms with van der Waals surface area (Å²) >= 11 is 0. The van der Waals surface area contributed by atoms with Gasteiger partial charge < -0.3 is 15.0 Å². The highest BCUT2D eigenvalue weighted by Gasteiger charge is 2.19. The number of aromatic nitrogens is 1. The number of ether oxygens (including phenoxy) is 1. The number of nitrogens with zero attached hydrogens (tertiary/aromatic N) is 3. The molecule has 0 amide bonds. The number of nitrogens with one attached hydrogen (secondary N) is 1. The molecule has 2 heterocycles. The van der Waals surface area contributed by atoms with Gasteiger partial charge in [0.2, 0.25) is 0 Å². The van der Waals surface area contributed by atoms with Gasteiger partial charge in [-0.1, -0.05) is 12.1 Å². The van der Waals surface area contributed by atoms with E-state index in [1.165, 1.54) is 5.69 Å². The first-order valence-electron chi connectivity index (χ1n) is 8.53. The summed E-state index contributed by atoms with van der Waals surface area (Å²) in [6.45, 7) is 7.48. The van der Waals surface area contributed by atoms with Crippen molar-refractivity contribution >= 4 is 11.5 Å². The predicted molar refractivity (Wildman–Crippen MR) is 99.0 cm³/mol. The summed E-state index contributed by atoms with van der Waals surface area (Å²) in [5, 5.41) is 3.46. The topological polar surface area (TPSA) is 40.6 Å². The molecular formula is C19H26N4O. The third-order valence-electron chi connectivity index (χ3n) is 4.38. The van der Waals surface area contributed by atoms with Gasteiger partial charge in [-0.2, -0.15) is 0 Å². The van der Waals surface area contributed by atoms with Gasteiger partial charge in [0.05, 0.1) is 7.11 Å². The summed E-state index contributed by atoms with van der Waals surface area (Å²) in [6, 6.07) is 14.7. The van der Waals surface area contributed by atoms with E-state index in [4.69, 9.17) is 4.74 Å². The average Bonchev–Trinajstić information content (AvgIpc) is 2.63. The molecule has 1 atom stereocenters. The van der Waals surface area contributed by atoms with Crippen molar-refractivity contribution in [3.05, 3.63) is 48.7 Å². The highest BCUT2D eigenvalue weighted by atomic mass is 16.5. The van der Waals surface area contributed by atoms with Crippen LogP contribution in [0.5, 0.6) is 5.75 Å². The van der Waals surface area contributed by atoms with Gasteiger partial charge in [0.15, 0.2) is 0 Å². The van der Waals surface area contributed by atoms with Crippen LogP contribution in [0.25, 0.3) is 0 Å². The van der Waals surface area contributed by atoms with Crippen LogP contribution in [0.1, 0.15) is 6.92 Å². The molecule has 128 valence electrons. The van der Waals surface area contributed by atoms with Crippen molar-refractivity contribution in [2.24, 2.45) is 0 Å². The molecule has 1 N–H and O–H groups in total. The fraction of sp³-hybridized carbons (Fsp3) is 0.421. The normalized spacial score (nSPS) is 16.7. The van der Waals surface area contributed by atoms with E-state index in [-0.39, 0.29) is 0 Å². The van der Waals surface area contributed by atoms with Crippen LogP contribution in [0, 0.1) is 0 Å². The predicted octanol–water partition coefficient (Wildman–Crippen LogP) is 2.71. The largest absolute Gasteiger partial charge is 0.497 e. The summed E-state index contributed by atoms with van der Waals surface area (Å²) < 4.78 is 5.32. The Kier molecular flexibility index (Phi) is 5.54. The lowest BCUT2D eigenvalue weighted by Gasteiger charge is -2.37. The molecule has 0 saturated carbocycles. The van der Waals surface area contributed by atoms with E-state index < -0.39 is 0 Å². The molecule has 1 aliphatic heterocycles. The lowest BCUT2D eigenvalue weighted by molar-refractivity contribution is 0.251. The number of pyridine rings is 1. The number of anilines is 2. The van der Waals surface area contributed by atoms with Crippen LogP contribution in [0.3, 0.4) is 0 Å². The number of hydrogen-bond donors (Lipinski definition) is 1. The molecule has 1 saturated heterocycles. The van der Waals surface area contributed by atoms with Crippen molar-refractivity contribution in [3.8, 4) is 5.75 Å². The molecule has 0 bridgehead atoms. The molecule has 1 fully saturated rings. The van der Waals surface area contributed by atoms with Gasteiger partial charge in [-0.25, -0.2) is 4.98 Å². The molecule has 0 aliphatic carbocycles. The van der Waals surface area contributed by atoms with Crippen molar-refractivity contribution < 1.29 is 4.74 Å². The first kappa shape index (κ1) is 16.6. The summed E-state index contributed by atoms with van der Waals surface area (Å²) in [4.78, 5) is 9.27. The van der Waals surface area contributed by atoms with Gasteiger partial charge in [-0.05, 0) is 31.2 Å². The van der Waals surface area contributed by atoms with Gasteiger partial charge >= 0.3 is 0 Å². The molecule has 0 unspecified atom stereocenters. The Hall–Kier alpha value is -2.27. The fourth-order valence-electron chi connectivity index (χ4n) is 3.13. The smallest absolute Gasteiger partial charge is 0.126 e. The van der Waals surface area contributed by atoms with Gasteiger partial charge in [-0.3, -0.25) is 4.90 Å². The number of methoxy groups -OCH3 is 1. The maximum Gasteiger partial charge on any atom is 0.126 e. The Morgan fingerprint density at radius 1 is 1.12 bits per heavy atom. The maximum atomic E-state index is 5.32. The zero-order valence-electron chi connectivity index (χ0n) is 14.5. The van der Waals surface area contributed by atoms with Gasteiger partial charge in [0.25, 0.3) is 0 Å². The average molecular weight is 326 g/mol. The molecule has 1 aliphatic rings. The Balaban J connectivity index is 1.48. The first-order chi connectivity index (χ1) is 11.7. The highest BCUT2D eigenvalue weighted by molar-refractivity contribution is 5.51. The van der Waals surface area contributed by atoms with E-state index in [2.05, 4.69) is 45.2 Å². The van der Waals surface area contributed by atoms with Crippen LogP contribution in [-0.2, 0) is 0 Å². The van der Waals surface area contributed by atoms with Gasteiger partial charge in [-0.15, -0.1) is 0 Å². The monoisotopic (exact) mass is 326 g/mol. The second-order valence-electron chi connectivity index (χ2n) is 6.25. The first-order valence-corrected chi connectivity index (χ1v) is 8.53. The number of piperazine rings is 1. The minimum Gasteiger partial charge on any atom is -0.497 e. The van der Waals surface area contributed by atoms with E-state index in [9.17, 15) is 0 Å². The number of benzene rings is 1. The van der Waals surface area contributed by atoms with E-state index in [0.717, 1.165) is 44.3 Å². The second kappa shape index (κ2) is 8.02. The van der Waals surface area contributed by atoms with Crippen LogP contribution in [0.4, 0.5) is 11.5 Å². The van der Waals surface area contributed by atoms with Crippen LogP contribution >= 0.6 is 0 Å². The van der Waals surface area contributed by atoms with Crippen molar-refractivity contribution in [1.82, 2.24) is 9.88 Å². The van der Waals surface area contributed by atoms with Crippen molar-refractivity contribution in [1.29, 1.82) is 0 Å². The van der Waals surface area contributed by atoms with Crippen LogP contribution in [-0.4, -0.2) is 55.8 Å². The van der Waals surface area contributed by atoms with Gasteiger partial charge in [0, 0.05) is 56.7 Å². The standard InChI is InChI=1S/C19H26N4O/c1-16(21-19-8-3-4-9-20-19)15-22-10-12-23(13-11-22)17-6-5-7-18(14-17)24-2/h3-9,14,16H,10-13,15H2,1-2H3,(H,20,21)/t16-/m0/s1. The molecule has 3 rings (SSSR count). The van der Waals surface area contributed by atoms with Gasteiger partial charge in [0.1, 0.15) is 11.6 Å². The molecule has 5 heteroatoms.